The van der Waals surface area contributed by atoms with Gasteiger partial charge in [0.15, 0.2) is 11.5 Å². The monoisotopic (exact) mass is 208 g/mol. The number of carbonyl (C=O) groups excluding carboxylic acids is 1. The summed E-state index contributed by atoms with van der Waals surface area (Å²) in [5, 5.41) is 0. The number of fused-ring (bicyclic) bond motifs is 1. The van der Waals surface area contributed by atoms with E-state index in [1.54, 1.807) is 13.2 Å². The van der Waals surface area contributed by atoms with Gasteiger partial charge in [0.1, 0.15) is 12.0 Å². The molecular formula is C11H12O4. The summed E-state index contributed by atoms with van der Waals surface area (Å²) in [7, 11) is 1.60. The van der Waals surface area contributed by atoms with E-state index in [2.05, 4.69) is 0 Å². The average Bonchev–Trinajstić information content (AvgIpc) is 2.73. The molecule has 1 aromatic rings. The minimum Gasteiger partial charge on any atom is -0.497 e. The summed E-state index contributed by atoms with van der Waals surface area (Å²) in [6.45, 7) is 0.233. The second kappa shape index (κ2) is 4.21. The van der Waals surface area contributed by atoms with Crippen molar-refractivity contribution in [2.75, 3.05) is 13.9 Å². The van der Waals surface area contributed by atoms with E-state index in [1.807, 2.05) is 6.07 Å². The van der Waals surface area contributed by atoms with Crippen LogP contribution < -0.4 is 14.2 Å². The van der Waals surface area contributed by atoms with Gasteiger partial charge in [-0.25, -0.2) is 0 Å². The Kier molecular flexibility index (Phi) is 2.76. The van der Waals surface area contributed by atoms with Crippen LogP contribution in [0.4, 0.5) is 0 Å². The molecule has 0 amide bonds. The Labute approximate surface area is 87.8 Å². The fraction of sp³-hybridized carbons (Fsp3) is 0.364. The molecule has 0 bridgehead atoms. The Bertz CT molecular complexity index is 373. The summed E-state index contributed by atoms with van der Waals surface area (Å²) in [6.07, 6.45) is 2.01. The maximum Gasteiger partial charge on any atom is 0.231 e. The molecule has 0 saturated carbocycles. The molecule has 4 nitrogen and oxygen atoms in total. The van der Waals surface area contributed by atoms with E-state index in [4.69, 9.17) is 14.2 Å². The highest BCUT2D eigenvalue weighted by atomic mass is 16.7. The van der Waals surface area contributed by atoms with E-state index in [0.717, 1.165) is 23.3 Å². The van der Waals surface area contributed by atoms with E-state index in [1.165, 1.54) is 0 Å². The third-order valence-corrected chi connectivity index (χ3v) is 2.29. The molecule has 0 spiro atoms. The highest BCUT2D eigenvalue weighted by Crippen LogP contribution is 2.39. The molecule has 0 atom stereocenters. The summed E-state index contributed by atoms with van der Waals surface area (Å²) < 4.78 is 15.7. The molecule has 1 aromatic carbocycles. The summed E-state index contributed by atoms with van der Waals surface area (Å²) in [5.41, 5.74) is 0.953. The van der Waals surface area contributed by atoms with Gasteiger partial charge in [-0.3, -0.25) is 0 Å². The second-order valence-electron chi connectivity index (χ2n) is 3.23. The molecule has 0 saturated heterocycles. The van der Waals surface area contributed by atoms with Crippen LogP contribution in [-0.4, -0.2) is 20.2 Å². The van der Waals surface area contributed by atoms with Crippen molar-refractivity contribution >= 4 is 6.29 Å². The maximum absolute atomic E-state index is 10.3. The number of hydrogen-bond donors (Lipinski definition) is 0. The van der Waals surface area contributed by atoms with Crippen molar-refractivity contribution < 1.29 is 19.0 Å². The summed E-state index contributed by atoms with van der Waals surface area (Å²) in [6, 6.07) is 3.66. The maximum atomic E-state index is 10.3. The van der Waals surface area contributed by atoms with Crippen molar-refractivity contribution in [2.45, 2.75) is 12.8 Å². The van der Waals surface area contributed by atoms with Crippen LogP contribution in [0.1, 0.15) is 12.0 Å². The Morgan fingerprint density at radius 1 is 1.47 bits per heavy atom. The van der Waals surface area contributed by atoms with Gasteiger partial charge in [0.05, 0.1) is 7.11 Å². The first kappa shape index (κ1) is 9.83. The van der Waals surface area contributed by atoms with Crippen LogP contribution in [0, 0.1) is 0 Å². The predicted molar refractivity (Wildman–Crippen MR) is 53.5 cm³/mol. The smallest absolute Gasteiger partial charge is 0.231 e. The second-order valence-corrected chi connectivity index (χ2v) is 3.23. The van der Waals surface area contributed by atoms with Crippen LogP contribution in [0.15, 0.2) is 12.1 Å². The largest absolute Gasteiger partial charge is 0.497 e. The minimum absolute atomic E-state index is 0.233. The van der Waals surface area contributed by atoms with E-state index >= 15 is 0 Å². The lowest BCUT2D eigenvalue weighted by Gasteiger charge is -2.07. The first-order chi connectivity index (χ1) is 7.35. The quantitative estimate of drug-likeness (QED) is 0.704. The molecule has 0 unspecified atom stereocenters. The van der Waals surface area contributed by atoms with Crippen molar-refractivity contribution in [1.29, 1.82) is 0 Å². The van der Waals surface area contributed by atoms with Crippen molar-refractivity contribution in [1.82, 2.24) is 0 Å². The van der Waals surface area contributed by atoms with Gasteiger partial charge < -0.3 is 19.0 Å². The molecule has 0 fully saturated rings. The lowest BCUT2D eigenvalue weighted by atomic mass is 10.1. The van der Waals surface area contributed by atoms with Crippen molar-refractivity contribution in [2.24, 2.45) is 0 Å². The first-order valence-electron chi connectivity index (χ1n) is 4.75. The van der Waals surface area contributed by atoms with E-state index in [-0.39, 0.29) is 6.79 Å². The fourth-order valence-electron chi connectivity index (χ4n) is 1.57. The number of carbonyl (C=O) groups is 1. The van der Waals surface area contributed by atoms with Crippen molar-refractivity contribution in [3.8, 4) is 17.2 Å². The highest BCUT2D eigenvalue weighted by molar-refractivity contribution is 5.56. The Morgan fingerprint density at radius 3 is 3.07 bits per heavy atom. The van der Waals surface area contributed by atoms with Crippen LogP contribution in [-0.2, 0) is 11.2 Å². The third kappa shape index (κ3) is 1.88. The van der Waals surface area contributed by atoms with Crippen molar-refractivity contribution in [3.63, 3.8) is 0 Å². The lowest BCUT2D eigenvalue weighted by molar-refractivity contribution is -0.107. The number of rotatable bonds is 4. The fourth-order valence-corrected chi connectivity index (χ4v) is 1.57. The van der Waals surface area contributed by atoms with Crippen LogP contribution in [0.3, 0.4) is 0 Å². The zero-order valence-electron chi connectivity index (χ0n) is 8.49. The van der Waals surface area contributed by atoms with Crippen LogP contribution >= 0.6 is 0 Å². The van der Waals surface area contributed by atoms with E-state index in [9.17, 15) is 4.79 Å². The van der Waals surface area contributed by atoms with E-state index < -0.39 is 0 Å². The number of aryl methyl sites for hydroxylation is 1. The van der Waals surface area contributed by atoms with Crippen LogP contribution in [0.5, 0.6) is 17.2 Å². The SMILES string of the molecule is COc1cc(CCC=O)c2c(c1)OCO2. The van der Waals surface area contributed by atoms with Gasteiger partial charge in [-0.1, -0.05) is 0 Å². The molecule has 2 rings (SSSR count). The van der Waals surface area contributed by atoms with Gasteiger partial charge in [-0.05, 0) is 12.5 Å². The molecular weight excluding hydrogens is 196 g/mol. The predicted octanol–water partition coefficient (Wildman–Crippen LogP) is 1.56. The first-order valence-corrected chi connectivity index (χ1v) is 4.75. The molecule has 0 N–H and O–H groups in total. The van der Waals surface area contributed by atoms with E-state index in [0.29, 0.717) is 18.6 Å². The molecule has 0 radical (unpaired) electrons. The molecule has 1 aliphatic rings. The van der Waals surface area contributed by atoms with Gasteiger partial charge >= 0.3 is 0 Å². The zero-order valence-corrected chi connectivity index (χ0v) is 8.49. The summed E-state index contributed by atoms with van der Waals surface area (Å²) in [5.74, 6) is 2.15. The molecule has 0 aliphatic carbocycles. The molecule has 1 aliphatic heterocycles. The summed E-state index contributed by atoms with van der Waals surface area (Å²) >= 11 is 0. The number of methoxy groups -OCH3 is 1. The van der Waals surface area contributed by atoms with Crippen LogP contribution in [0.2, 0.25) is 0 Å². The number of ether oxygens (including phenoxy) is 3. The standard InChI is InChI=1S/C11H12O4/c1-13-9-5-8(3-2-4-12)11-10(6-9)14-7-15-11/h4-6H,2-3,7H2,1H3. The zero-order chi connectivity index (χ0) is 10.7. The summed E-state index contributed by atoms with van der Waals surface area (Å²) in [4.78, 5) is 10.3. The van der Waals surface area contributed by atoms with Gasteiger partial charge in [0.25, 0.3) is 0 Å². The highest BCUT2D eigenvalue weighted by Gasteiger charge is 2.19. The number of aldehydes is 1. The Morgan fingerprint density at radius 2 is 2.33 bits per heavy atom. The van der Waals surface area contributed by atoms with Gasteiger partial charge in [-0.2, -0.15) is 0 Å². The molecule has 0 aromatic heterocycles. The number of hydrogen-bond acceptors (Lipinski definition) is 4. The average molecular weight is 208 g/mol. The minimum atomic E-state index is 0.233. The number of benzene rings is 1. The molecule has 15 heavy (non-hydrogen) atoms. The van der Waals surface area contributed by atoms with Gasteiger partial charge in [-0.15, -0.1) is 0 Å². The van der Waals surface area contributed by atoms with Gasteiger partial charge in [0, 0.05) is 18.1 Å². The Hall–Kier alpha value is -1.71. The molecule has 4 heteroatoms. The molecule has 1 heterocycles. The topological polar surface area (TPSA) is 44.8 Å². The normalized spacial score (nSPS) is 12.6. The Balaban J connectivity index is 2.33. The van der Waals surface area contributed by atoms with Gasteiger partial charge in [0.2, 0.25) is 6.79 Å². The molecule has 80 valence electrons. The third-order valence-electron chi connectivity index (χ3n) is 2.29. The lowest BCUT2D eigenvalue weighted by Crippen LogP contribution is -1.95. The van der Waals surface area contributed by atoms with Crippen molar-refractivity contribution in [3.05, 3.63) is 17.7 Å². The van der Waals surface area contributed by atoms with Crippen LogP contribution in [0.25, 0.3) is 0 Å².